The monoisotopic (exact) mass is 598 g/mol. The van der Waals surface area contributed by atoms with E-state index in [1.54, 1.807) is 0 Å². The Hall–Kier alpha value is -6.12. The van der Waals surface area contributed by atoms with E-state index in [1.165, 1.54) is 44.5 Å². The lowest BCUT2D eigenvalue weighted by Gasteiger charge is -2.34. The van der Waals surface area contributed by atoms with Crippen molar-refractivity contribution in [3.63, 3.8) is 0 Å². The first-order chi connectivity index (χ1) is 23.3. The molecule has 1 heterocycles. The van der Waals surface area contributed by atoms with Gasteiger partial charge >= 0.3 is 0 Å². The van der Waals surface area contributed by atoms with Crippen molar-refractivity contribution in [1.29, 1.82) is 0 Å². The molecule has 0 amide bonds. The summed E-state index contributed by atoms with van der Waals surface area (Å²) in [5.41, 5.74) is 13.7. The lowest BCUT2D eigenvalue weighted by atomic mass is 9.67. The first-order valence-electron chi connectivity index (χ1n) is 16.1. The van der Waals surface area contributed by atoms with Crippen LogP contribution in [-0.2, 0) is 5.41 Å². The Labute approximate surface area is 274 Å². The van der Waals surface area contributed by atoms with E-state index in [9.17, 15) is 0 Å². The summed E-state index contributed by atoms with van der Waals surface area (Å²) in [7, 11) is 0. The lowest BCUT2D eigenvalue weighted by molar-refractivity contribution is 0.768. The molecule has 0 unspecified atom stereocenters. The molecule has 0 fully saturated rings. The Bertz CT molecular complexity index is 2330. The van der Waals surface area contributed by atoms with Gasteiger partial charge in [-0.25, -0.2) is 9.97 Å². The summed E-state index contributed by atoms with van der Waals surface area (Å²) in [6, 6.07) is 65.1. The molecule has 0 atom stereocenters. The van der Waals surface area contributed by atoms with Gasteiger partial charge in [0.1, 0.15) is 0 Å². The third-order valence-electron chi connectivity index (χ3n) is 9.60. The van der Waals surface area contributed by atoms with Crippen molar-refractivity contribution in [2.75, 3.05) is 0 Å². The second-order valence-corrected chi connectivity index (χ2v) is 12.1. The maximum absolute atomic E-state index is 5.06. The number of fused-ring (bicyclic) bond motifs is 4. The molecule has 2 nitrogen and oxygen atoms in total. The van der Waals surface area contributed by atoms with Crippen LogP contribution in [0.4, 0.5) is 0 Å². The van der Waals surface area contributed by atoms with E-state index < -0.39 is 0 Å². The van der Waals surface area contributed by atoms with Gasteiger partial charge in [-0.15, -0.1) is 0 Å². The minimum atomic E-state index is -0.388. The highest BCUT2D eigenvalue weighted by Crippen LogP contribution is 2.56. The Kier molecular flexibility index (Phi) is 6.39. The molecule has 0 radical (unpaired) electrons. The fourth-order valence-electron chi connectivity index (χ4n) is 7.46. The molecule has 1 aliphatic carbocycles. The van der Waals surface area contributed by atoms with Crippen LogP contribution in [0.2, 0.25) is 0 Å². The molecular weight excluding hydrogens is 569 g/mol. The molecule has 47 heavy (non-hydrogen) atoms. The van der Waals surface area contributed by atoms with Crippen molar-refractivity contribution >= 4 is 10.9 Å². The largest absolute Gasteiger partial charge is 0.228 e. The number of hydrogen-bond acceptors (Lipinski definition) is 2. The predicted octanol–water partition coefficient (Wildman–Crippen LogP) is 11.0. The summed E-state index contributed by atoms with van der Waals surface area (Å²) >= 11 is 0. The summed E-state index contributed by atoms with van der Waals surface area (Å²) in [6.07, 6.45) is 0. The second kappa shape index (κ2) is 11.0. The van der Waals surface area contributed by atoms with E-state index in [0.29, 0.717) is 0 Å². The molecule has 0 N–H and O–H groups in total. The lowest BCUT2D eigenvalue weighted by Crippen LogP contribution is -2.28. The van der Waals surface area contributed by atoms with E-state index in [1.807, 2.05) is 24.3 Å². The van der Waals surface area contributed by atoms with Crippen LogP contribution in [0, 0.1) is 0 Å². The molecule has 0 spiro atoms. The molecule has 0 bridgehead atoms. The van der Waals surface area contributed by atoms with Gasteiger partial charge < -0.3 is 0 Å². The average molecular weight is 599 g/mol. The van der Waals surface area contributed by atoms with Crippen LogP contribution in [0.5, 0.6) is 0 Å². The highest BCUT2D eigenvalue weighted by molar-refractivity contribution is 5.94. The normalized spacial score (nSPS) is 12.9. The first-order valence-corrected chi connectivity index (χ1v) is 16.1. The number of nitrogens with zero attached hydrogens (tertiary/aromatic N) is 2. The van der Waals surface area contributed by atoms with Crippen LogP contribution in [0.25, 0.3) is 55.8 Å². The Morgan fingerprint density at radius 1 is 0.340 bits per heavy atom. The zero-order valence-corrected chi connectivity index (χ0v) is 25.7. The molecule has 0 saturated carbocycles. The summed E-state index contributed by atoms with van der Waals surface area (Å²) in [5, 5.41) is 1.05. The van der Waals surface area contributed by atoms with Gasteiger partial charge in [0.05, 0.1) is 16.6 Å². The van der Waals surface area contributed by atoms with Gasteiger partial charge in [-0.2, -0.15) is 0 Å². The average Bonchev–Trinajstić information content (AvgIpc) is 3.46. The van der Waals surface area contributed by atoms with Crippen molar-refractivity contribution in [3.8, 4) is 44.9 Å². The number of rotatable bonds is 5. The molecule has 1 aliphatic rings. The van der Waals surface area contributed by atoms with Gasteiger partial charge in [0.15, 0.2) is 5.82 Å². The highest BCUT2D eigenvalue weighted by Gasteiger charge is 2.45. The summed E-state index contributed by atoms with van der Waals surface area (Å²) in [5.74, 6) is 0.737. The Morgan fingerprint density at radius 2 is 0.830 bits per heavy atom. The van der Waals surface area contributed by atoms with Crippen molar-refractivity contribution in [2.45, 2.75) is 5.41 Å². The van der Waals surface area contributed by atoms with Crippen molar-refractivity contribution < 1.29 is 0 Å². The van der Waals surface area contributed by atoms with Crippen LogP contribution < -0.4 is 0 Å². The molecule has 9 rings (SSSR count). The Balaban J connectivity index is 1.13. The summed E-state index contributed by atoms with van der Waals surface area (Å²) in [4.78, 5) is 9.94. The molecular formula is C45H30N2. The number of para-hydroxylation sites is 1. The molecule has 220 valence electrons. The molecule has 2 heteroatoms. The highest BCUT2D eigenvalue weighted by atomic mass is 14.9. The zero-order chi connectivity index (χ0) is 31.2. The van der Waals surface area contributed by atoms with Crippen LogP contribution in [0.1, 0.15) is 22.3 Å². The van der Waals surface area contributed by atoms with E-state index in [4.69, 9.17) is 9.97 Å². The molecule has 0 saturated heterocycles. The third-order valence-corrected chi connectivity index (χ3v) is 9.60. The topological polar surface area (TPSA) is 25.8 Å². The van der Waals surface area contributed by atoms with Gasteiger partial charge in [0.2, 0.25) is 0 Å². The Morgan fingerprint density at radius 3 is 1.49 bits per heavy atom. The standard InChI is InChI=1S/C45H30N2/c1-3-13-34(14-4-1)44-46-42-22-12-9-19-39(42)43(47-44)33-25-23-31(24-26-33)32-27-29-36(30-28-32)45(35-15-5-2-6-16-35)40-20-10-7-17-37(40)38-18-8-11-21-41(38)45/h1-30H. The second-order valence-electron chi connectivity index (χ2n) is 12.1. The minimum Gasteiger partial charge on any atom is -0.228 e. The van der Waals surface area contributed by atoms with Gasteiger partial charge in [-0.1, -0.05) is 176 Å². The molecule has 1 aromatic heterocycles. The third kappa shape index (κ3) is 4.34. The van der Waals surface area contributed by atoms with Crippen LogP contribution in [0.3, 0.4) is 0 Å². The maximum atomic E-state index is 5.06. The van der Waals surface area contributed by atoms with Gasteiger partial charge in [-0.05, 0) is 50.6 Å². The number of hydrogen-bond donors (Lipinski definition) is 0. The van der Waals surface area contributed by atoms with Crippen LogP contribution >= 0.6 is 0 Å². The van der Waals surface area contributed by atoms with Crippen LogP contribution in [0.15, 0.2) is 182 Å². The van der Waals surface area contributed by atoms with Crippen molar-refractivity contribution in [3.05, 3.63) is 204 Å². The minimum absolute atomic E-state index is 0.388. The first kappa shape index (κ1) is 27.2. The maximum Gasteiger partial charge on any atom is 0.160 e. The fourth-order valence-corrected chi connectivity index (χ4v) is 7.46. The van der Waals surface area contributed by atoms with Gasteiger partial charge in [0.25, 0.3) is 0 Å². The van der Waals surface area contributed by atoms with E-state index in [0.717, 1.165) is 33.5 Å². The zero-order valence-electron chi connectivity index (χ0n) is 25.7. The van der Waals surface area contributed by atoms with E-state index >= 15 is 0 Å². The smallest absolute Gasteiger partial charge is 0.160 e. The quantitative estimate of drug-likeness (QED) is 0.197. The van der Waals surface area contributed by atoms with Crippen molar-refractivity contribution in [2.24, 2.45) is 0 Å². The van der Waals surface area contributed by atoms with Crippen molar-refractivity contribution in [1.82, 2.24) is 9.97 Å². The van der Waals surface area contributed by atoms with Crippen LogP contribution in [-0.4, -0.2) is 9.97 Å². The molecule has 8 aromatic rings. The summed E-state index contributed by atoms with van der Waals surface area (Å²) in [6.45, 7) is 0. The molecule has 7 aromatic carbocycles. The van der Waals surface area contributed by atoms with E-state index in [2.05, 4.69) is 158 Å². The van der Waals surface area contributed by atoms with Gasteiger partial charge in [0, 0.05) is 16.5 Å². The fraction of sp³-hybridized carbons (Fsp3) is 0.0222. The number of benzene rings is 7. The number of aromatic nitrogens is 2. The molecule has 0 aliphatic heterocycles. The SMILES string of the molecule is c1ccc(-c2nc(-c3ccc(-c4ccc(C5(c6ccccc6)c6ccccc6-c6ccccc65)cc4)cc3)c3ccccc3n2)cc1. The predicted molar refractivity (Wildman–Crippen MR) is 193 cm³/mol. The summed E-state index contributed by atoms with van der Waals surface area (Å²) < 4.78 is 0. The van der Waals surface area contributed by atoms with E-state index in [-0.39, 0.29) is 5.41 Å². The van der Waals surface area contributed by atoms with Gasteiger partial charge in [-0.3, -0.25) is 0 Å².